The maximum absolute atomic E-state index is 6.21. The summed E-state index contributed by atoms with van der Waals surface area (Å²) in [6.45, 7) is 3.37. The Morgan fingerprint density at radius 1 is 1.28 bits per heavy atom. The van der Waals surface area contributed by atoms with Crippen molar-refractivity contribution in [2.75, 3.05) is 31.1 Å². The number of hydrogen-bond acceptors (Lipinski definition) is 3. The van der Waals surface area contributed by atoms with Crippen LogP contribution in [-0.2, 0) is 0 Å². The van der Waals surface area contributed by atoms with Gasteiger partial charge >= 0.3 is 0 Å². The van der Waals surface area contributed by atoms with Gasteiger partial charge in [-0.3, -0.25) is 0 Å². The first kappa shape index (κ1) is 14.5. The van der Waals surface area contributed by atoms with Gasteiger partial charge in [-0.1, -0.05) is 35.3 Å². The lowest BCUT2D eigenvalue weighted by molar-refractivity contribution is 0.289. The highest BCUT2D eigenvalue weighted by molar-refractivity contribution is 7.99. The van der Waals surface area contributed by atoms with Crippen LogP contribution in [0.3, 0.4) is 0 Å². The molecule has 1 saturated heterocycles. The molecule has 1 fully saturated rings. The summed E-state index contributed by atoms with van der Waals surface area (Å²) in [5, 5.41) is 1.18. The molecule has 1 aromatic rings. The number of benzene rings is 1. The fourth-order valence-corrected chi connectivity index (χ4v) is 3.54. The van der Waals surface area contributed by atoms with E-state index in [4.69, 9.17) is 28.9 Å². The number of halogens is 2. The molecule has 1 atom stereocenters. The van der Waals surface area contributed by atoms with Crippen LogP contribution in [0.15, 0.2) is 18.2 Å². The molecule has 0 amide bonds. The van der Waals surface area contributed by atoms with E-state index in [2.05, 4.69) is 4.90 Å². The van der Waals surface area contributed by atoms with Crippen LogP contribution in [0.25, 0.3) is 0 Å². The first-order valence-corrected chi connectivity index (χ1v) is 8.09. The Balaban J connectivity index is 1.90. The molecule has 0 aliphatic carbocycles. The van der Waals surface area contributed by atoms with Crippen LogP contribution in [0.2, 0.25) is 10.0 Å². The molecule has 1 unspecified atom stereocenters. The second-order valence-electron chi connectivity index (χ2n) is 4.49. The van der Waals surface area contributed by atoms with E-state index in [9.17, 15) is 0 Å². The number of thioether (sulfide) groups is 1. The molecular formula is C13H18Cl2N2S. The molecule has 1 heterocycles. The van der Waals surface area contributed by atoms with Gasteiger partial charge in [0.1, 0.15) is 0 Å². The average molecular weight is 305 g/mol. The Morgan fingerprint density at radius 2 is 2.00 bits per heavy atom. The molecule has 0 aromatic heterocycles. The number of hydrogen-bond donors (Lipinski definition) is 1. The van der Waals surface area contributed by atoms with Crippen molar-refractivity contribution >= 4 is 35.0 Å². The van der Waals surface area contributed by atoms with Crippen molar-refractivity contribution in [3.63, 3.8) is 0 Å². The molecule has 100 valence electrons. The number of nitrogens with zero attached hydrogens (tertiary/aromatic N) is 1. The molecule has 1 aromatic carbocycles. The van der Waals surface area contributed by atoms with E-state index in [0.717, 1.165) is 18.5 Å². The first-order chi connectivity index (χ1) is 8.68. The largest absolute Gasteiger partial charge is 0.324 e. The molecule has 2 N–H and O–H groups in total. The van der Waals surface area contributed by atoms with Gasteiger partial charge in [-0.15, -0.1) is 0 Å². The summed E-state index contributed by atoms with van der Waals surface area (Å²) in [6.07, 6.45) is 0.921. The second-order valence-corrected chi connectivity index (χ2v) is 6.50. The zero-order valence-electron chi connectivity index (χ0n) is 10.2. The van der Waals surface area contributed by atoms with E-state index in [-0.39, 0.29) is 6.04 Å². The van der Waals surface area contributed by atoms with Crippen LogP contribution in [0.4, 0.5) is 0 Å². The molecule has 0 saturated carbocycles. The highest BCUT2D eigenvalue weighted by Gasteiger charge is 2.15. The summed E-state index contributed by atoms with van der Waals surface area (Å²) in [5.41, 5.74) is 7.16. The van der Waals surface area contributed by atoms with Gasteiger partial charge in [-0.25, -0.2) is 0 Å². The second kappa shape index (κ2) is 7.01. The smallest absolute Gasteiger partial charge is 0.0640 e. The molecule has 2 nitrogen and oxygen atoms in total. The minimum Gasteiger partial charge on any atom is -0.324 e. The summed E-state index contributed by atoms with van der Waals surface area (Å²) in [7, 11) is 0. The fourth-order valence-electron chi connectivity index (χ4n) is 2.11. The maximum atomic E-state index is 6.21. The van der Waals surface area contributed by atoms with E-state index in [1.165, 1.54) is 24.6 Å². The Hall–Kier alpha value is 0.0700. The third-order valence-electron chi connectivity index (χ3n) is 3.24. The molecule has 1 aliphatic rings. The van der Waals surface area contributed by atoms with Crippen LogP contribution >= 0.6 is 35.0 Å². The van der Waals surface area contributed by atoms with E-state index < -0.39 is 0 Å². The van der Waals surface area contributed by atoms with Gasteiger partial charge in [-0.2, -0.15) is 11.8 Å². The van der Waals surface area contributed by atoms with Crippen molar-refractivity contribution in [2.45, 2.75) is 12.5 Å². The van der Waals surface area contributed by atoms with Crippen molar-refractivity contribution < 1.29 is 0 Å². The Kier molecular flexibility index (Phi) is 5.64. The van der Waals surface area contributed by atoms with Gasteiger partial charge in [0.05, 0.1) is 10.0 Å². The molecule has 2 rings (SSSR count). The third kappa shape index (κ3) is 3.78. The van der Waals surface area contributed by atoms with Gasteiger partial charge in [0.25, 0.3) is 0 Å². The SMILES string of the molecule is NC(CCN1CCSCC1)c1cccc(Cl)c1Cl. The summed E-state index contributed by atoms with van der Waals surface area (Å²) in [4.78, 5) is 2.47. The molecule has 5 heteroatoms. The van der Waals surface area contributed by atoms with Crippen LogP contribution in [0.5, 0.6) is 0 Å². The molecule has 0 spiro atoms. The van der Waals surface area contributed by atoms with Crippen molar-refractivity contribution in [3.05, 3.63) is 33.8 Å². The van der Waals surface area contributed by atoms with E-state index in [1.807, 2.05) is 23.9 Å². The fraction of sp³-hybridized carbons (Fsp3) is 0.538. The summed E-state index contributed by atoms with van der Waals surface area (Å²) in [6, 6.07) is 5.62. The van der Waals surface area contributed by atoms with Gasteiger partial charge in [0.2, 0.25) is 0 Å². The van der Waals surface area contributed by atoms with E-state index in [1.54, 1.807) is 6.07 Å². The monoisotopic (exact) mass is 304 g/mol. The first-order valence-electron chi connectivity index (χ1n) is 6.18. The Bertz CT molecular complexity index is 395. The highest BCUT2D eigenvalue weighted by atomic mass is 35.5. The standard InChI is InChI=1S/C13H18Cl2N2S/c14-11-3-1-2-10(13(11)15)12(16)4-5-17-6-8-18-9-7-17/h1-3,12H,4-9,16H2. The third-order valence-corrected chi connectivity index (χ3v) is 5.02. The predicted molar refractivity (Wildman–Crippen MR) is 81.8 cm³/mol. The molecule has 0 radical (unpaired) electrons. The molecule has 1 aliphatic heterocycles. The lowest BCUT2D eigenvalue weighted by atomic mass is 10.0. The normalized spacial score (nSPS) is 18.8. The summed E-state index contributed by atoms with van der Waals surface area (Å²) >= 11 is 14.2. The lowest BCUT2D eigenvalue weighted by Crippen LogP contribution is -2.34. The van der Waals surface area contributed by atoms with Crippen LogP contribution < -0.4 is 5.73 Å². The maximum Gasteiger partial charge on any atom is 0.0640 e. The van der Waals surface area contributed by atoms with Gasteiger partial charge in [0.15, 0.2) is 0 Å². The predicted octanol–water partition coefficient (Wildman–Crippen LogP) is 3.43. The van der Waals surface area contributed by atoms with E-state index >= 15 is 0 Å². The summed E-state index contributed by atoms with van der Waals surface area (Å²) in [5.74, 6) is 2.46. The quantitative estimate of drug-likeness (QED) is 0.924. The number of nitrogens with two attached hydrogens (primary N) is 1. The van der Waals surface area contributed by atoms with Crippen LogP contribution in [0.1, 0.15) is 18.0 Å². The van der Waals surface area contributed by atoms with Gasteiger partial charge < -0.3 is 10.6 Å². The van der Waals surface area contributed by atoms with Crippen molar-refractivity contribution in [2.24, 2.45) is 5.73 Å². The molecule has 0 bridgehead atoms. The van der Waals surface area contributed by atoms with Crippen molar-refractivity contribution in [1.82, 2.24) is 4.90 Å². The lowest BCUT2D eigenvalue weighted by Gasteiger charge is -2.27. The number of rotatable bonds is 4. The zero-order valence-corrected chi connectivity index (χ0v) is 12.6. The zero-order chi connectivity index (χ0) is 13.0. The summed E-state index contributed by atoms with van der Waals surface area (Å²) < 4.78 is 0. The molecular weight excluding hydrogens is 287 g/mol. The Labute approximate surface area is 123 Å². The van der Waals surface area contributed by atoms with E-state index in [0.29, 0.717) is 10.0 Å². The van der Waals surface area contributed by atoms with Crippen LogP contribution in [0, 0.1) is 0 Å². The van der Waals surface area contributed by atoms with Crippen molar-refractivity contribution in [3.8, 4) is 0 Å². The van der Waals surface area contributed by atoms with Crippen molar-refractivity contribution in [1.29, 1.82) is 0 Å². The van der Waals surface area contributed by atoms with Gasteiger partial charge in [-0.05, 0) is 18.1 Å². The van der Waals surface area contributed by atoms with Gasteiger partial charge in [0, 0.05) is 37.2 Å². The topological polar surface area (TPSA) is 29.3 Å². The Morgan fingerprint density at radius 3 is 2.72 bits per heavy atom. The minimum atomic E-state index is -0.0363. The van der Waals surface area contributed by atoms with Crippen LogP contribution in [-0.4, -0.2) is 36.0 Å². The molecule has 18 heavy (non-hydrogen) atoms. The highest BCUT2D eigenvalue weighted by Crippen LogP contribution is 2.30. The minimum absolute atomic E-state index is 0.0363. The average Bonchev–Trinajstić information content (AvgIpc) is 2.40.